The first kappa shape index (κ1) is 22.2. The van der Waals surface area contributed by atoms with Gasteiger partial charge in [0.25, 0.3) is 0 Å². The van der Waals surface area contributed by atoms with Crippen LogP contribution < -0.4 is 14.4 Å². The van der Waals surface area contributed by atoms with Crippen LogP contribution in [0.5, 0.6) is 0 Å². The zero-order chi connectivity index (χ0) is 21.8. The third-order valence-electron chi connectivity index (χ3n) is 5.01. The van der Waals surface area contributed by atoms with Crippen molar-refractivity contribution in [3.05, 3.63) is 75.6 Å². The van der Waals surface area contributed by atoms with Gasteiger partial charge in [-0.25, -0.2) is 0 Å². The van der Waals surface area contributed by atoms with E-state index in [0.717, 1.165) is 32.7 Å². The fourth-order valence-electron chi connectivity index (χ4n) is 3.24. The van der Waals surface area contributed by atoms with E-state index in [4.69, 9.17) is 16.3 Å². The number of carbonyl (C=O) groups is 2. The number of allylic oxidation sites excluding steroid dienone is 1. The second-order valence-electron chi connectivity index (χ2n) is 6.86. The molecule has 1 aromatic heterocycles. The standard InChI is InChI=1S/C23H23ClN2O3Se/c1-5-17-13(2)19(25-22(17)28)12-20-14(3)18(10-11-21(27)29-4)23(26-20)30-16-8-6-15(24)7-9-16/h5-9,12,26H,1,10-11H2,2-4H3,(H,25,28)/b19-12-. The number of ether oxygens (including phenoxy) is 1. The van der Waals surface area contributed by atoms with E-state index in [1.165, 1.54) is 11.6 Å². The van der Waals surface area contributed by atoms with E-state index in [9.17, 15) is 9.59 Å². The van der Waals surface area contributed by atoms with E-state index in [1.54, 1.807) is 6.08 Å². The molecule has 2 heterocycles. The van der Waals surface area contributed by atoms with Crippen LogP contribution in [0.4, 0.5) is 0 Å². The number of esters is 1. The number of halogens is 1. The summed E-state index contributed by atoms with van der Waals surface area (Å²) in [6.07, 6.45) is 4.42. The minimum atomic E-state index is -0.238. The molecular weight excluding hydrogens is 467 g/mol. The van der Waals surface area contributed by atoms with E-state index >= 15 is 0 Å². The number of amides is 1. The van der Waals surface area contributed by atoms with Crippen molar-refractivity contribution in [2.75, 3.05) is 7.11 Å². The summed E-state index contributed by atoms with van der Waals surface area (Å²) >= 11 is 6.02. The molecule has 0 fully saturated rings. The topological polar surface area (TPSA) is 71.2 Å². The molecule has 1 aromatic carbocycles. The molecule has 0 unspecified atom stereocenters. The Kier molecular flexibility index (Phi) is 7.03. The maximum atomic E-state index is 12.1. The third kappa shape index (κ3) is 4.78. The van der Waals surface area contributed by atoms with Gasteiger partial charge in [-0.3, -0.25) is 0 Å². The molecule has 1 aliphatic rings. The molecule has 30 heavy (non-hydrogen) atoms. The van der Waals surface area contributed by atoms with Gasteiger partial charge in [0.15, 0.2) is 0 Å². The van der Waals surface area contributed by atoms with Crippen LogP contribution in [-0.2, 0) is 20.7 Å². The van der Waals surface area contributed by atoms with Gasteiger partial charge in [0.2, 0.25) is 0 Å². The Morgan fingerprint density at radius 1 is 1.27 bits per heavy atom. The predicted octanol–water partition coefficient (Wildman–Crippen LogP) is 2.71. The molecule has 2 aromatic rings. The molecule has 0 bridgehead atoms. The number of carbonyl (C=O) groups excluding carboxylic acids is 2. The second kappa shape index (κ2) is 9.52. The van der Waals surface area contributed by atoms with E-state index in [1.807, 2.05) is 44.2 Å². The van der Waals surface area contributed by atoms with Crippen LogP contribution >= 0.6 is 11.6 Å². The number of aromatic nitrogens is 1. The number of H-pyrrole nitrogens is 1. The number of benzene rings is 1. The number of rotatable bonds is 7. The van der Waals surface area contributed by atoms with Gasteiger partial charge in [-0.15, -0.1) is 0 Å². The molecule has 2 N–H and O–H groups in total. The minimum absolute atomic E-state index is 0.00758. The molecular formula is C23H23ClN2O3Se. The normalized spacial score (nSPS) is 14.9. The van der Waals surface area contributed by atoms with Crippen LogP contribution in [0.3, 0.4) is 0 Å². The predicted molar refractivity (Wildman–Crippen MR) is 121 cm³/mol. The third-order valence-corrected chi connectivity index (χ3v) is 7.49. The summed E-state index contributed by atoms with van der Waals surface area (Å²) in [7, 11) is 1.40. The molecule has 0 aliphatic carbocycles. The molecule has 5 nitrogen and oxygen atoms in total. The summed E-state index contributed by atoms with van der Waals surface area (Å²) in [5.41, 5.74) is 5.29. The Hall–Kier alpha value is -2.53. The Labute approximate surface area is 187 Å². The molecule has 1 amide bonds. The SMILES string of the molecule is C=CC1=C(C)/C(=C/c2[nH]c([Se]c3ccc(Cl)cc3)c(CCC(=O)OC)c2C)NC1=O. The van der Waals surface area contributed by atoms with E-state index in [0.29, 0.717) is 23.4 Å². The van der Waals surface area contributed by atoms with Crippen LogP contribution in [0.25, 0.3) is 6.08 Å². The Morgan fingerprint density at radius 2 is 1.97 bits per heavy atom. The number of aromatic amines is 1. The van der Waals surface area contributed by atoms with Gasteiger partial charge in [0.1, 0.15) is 0 Å². The second-order valence-corrected chi connectivity index (χ2v) is 9.57. The fraction of sp³-hybridized carbons (Fsp3) is 0.217. The van der Waals surface area contributed by atoms with Crippen molar-refractivity contribution in [1.82, 2.24) is 10.3 Å². The van der Waals surface area contributed by atoms with Gasteiger partial charge in [-0.1, -0.05) is 0 Å². The van der Waals surface area contributed by atoms with E-state index < -0.39 is 0 Å². The molecule has 0 radical (unpaired) electrons. The average molecular weight is 490 g/mol. The van der Waals surface area contributed by atoms with Gasteiger partial charge < -0.3 is 0 Å². The maximum absolute atomic E-state index is 12.1. The molecule has 156 valence electrons. The fourth-order valence-corrected chi connectivity index (χ4v) is 5.56. The van der Waals surface area contributed by atoms with Crippen LogP contribution in [0.2, 0.25) is 5.02 Å². The van der Waals surface area contributed by atoms with Crippen molar-refractivity contribution in [3.8, 4) is 0 Å². The van der Waals surface area contributed by atoms with Crippen molar-refractivity contribution in [2.45, 2.75) is 26.7 Å². The Morgan fingerprint density at radius 3 is 2.57 bits per heavy atom. The number of nitrogens with one attached hydrogen (secondary N) is 2. The molecule has 0 spiro atoms. The van der Waals surface area contributed by atoms with Crippen molar-refractivity contribution in [3.63, 3.8) is 0 Å². The van der Waals surface area contributed by atoms with Gasteiger partial charge in [0, 0.05) is 0 Å². The first-order chi connectivity index (χ1) is 14.3. The molecule has 7 heteroatoms. The number of hydrogen-bond acceptors (Lipinski definition) is 3. The first-order valence-corrected chi connectivity index (χ1v) is 11.5. The summed E-state index contributed by atoms with van der Waals surface area (Å²) in [5.74, 6) is -0.382. The van der Waals surface area contributed by atoms with Crippen LogP contribution in [0, 0.1) is 6.92 Å². The summed E-state index contributed by atoms with van der Waals surface area (Å²) in [6, 6.07) is 7.79. The number of methoxy groups -OCH3 is 1. The van der Waals surface area contributed by atoms with Crippen molar-refractivity contribution in [2.24, 2.45) is 0 Å². The molecule has 0 saturated carbocycles. The monoisotopic (exact) mass is 490 g/mol. The van der Waals surface area contributed by atoms with Crippen LogP contribution in [0.15, 0.2) is 53.8 Å². The molecule has 0 atom stereocenters. The summed E-state index contributed by atoms with van der Waals surface area (Å²) in [5, 5.41) is 3.60. The van der Waals surface area contributed by atoms with Gasteiger partial charge >= 0.3 is 188 Å². The van der Waals surface area contributed by atoms with Gasteiger partial charge in [-0.2, -0.15) is 0 Å². The van der Waals surface area contributed by atoms with Crippen molar-refractivity contribution >= 4 is 53.6 Å². The van der Waals surface area contributed by atoms with E-state index in [-0.39, 0.29) is 26.8 Å². The Bertz CT molecular complexity index is 1060. The van der Waals surface area contributed by atoms with Crippen molar-refractivity contribution in [1.29, 1.82) is 0 Å². The molecule has 1 aliphatic heterocycles. The molecule has 0 saturated heterocycles. The van der Waals surface area contributed by atoms with Crippen molar-refractivity contribution < 1.29 is 14.3 Å². The zero-order valence-corrected chi connectivity index (χ0v) is 19.6. The summed E-state index contributed by atoms with van der Waals surface area (Å²) in [6.45, 7) is 7.65. The van der Waals surface area contributed by atoms with E-state index in [2.05, 4.69) is 16.9 Å². The van der Waals surface area contributed by atoms with Crippen LogP contribution in [-0.4, -0.2) is 38.9 Å². The Balaban J connectivity index is 1.99. The van der Waals surface area contributed by atoms with Gasteiger partial charge in [-0.05, 0) is 0 Å². The van der Waals surface area contributed by atoms with Crippen LogP contribution in [0.1, 0.15) is 30.2 Å². The summed E-state index contributed by atoms with van der Waals surface area (Å²) < 4.78 is 7.08. The molecule has 3 rings (SSSR count). The van der Waals surface area contributed by atoms with Gasteiger partial charge in [0.05, 0.1) is 0 Å². The number of hydrogen-bond donors (Lipinski definition) is 2. The first-order valence-electron chi connectivity index (χ1n) is 9.42. The average Bonchev–Trinajstić information content (AvgIpc) is 3.16. The quantitative estimate of drug-likeness (QED) is 0.464. The zero-order valence-electron chi connectivity index (χ0n) is 17.1. The summed E-state index contributed by atoms with van der Waals surface area (Å²) in [4.78, 5) is 27.3.